The fourth-order valence-electron chi connectivity index (χ4n) is 1.52. The zero-order chi connectivity index (χ0) is 15.2. The average Bonchev–Trinajstić information content (AvgIpc) is 2.45. The van der Waals surface area contributed by atoms with Gasteiger partial charge in [0.1, 0.15) is 18.2 Å². The molecule has 1 atom stereocenters. The molecule has 2 N–H and O–H groups in total. The first-order valence-electron chi connectivity index (χ1n) is 6.43. The molecule has 0 bridgehead atoms. The van der Waals surface area contributed by atoms with Crippen LogP contribution in [0.3, 0.4) is 0 Å². The summed E-state index contributed by atoms with van der Waals surface area (Å²) < 4.78 is 42.5. The van der Waals surface area contributed by atoms with Crippen LogP contribution in [0.15, 0.2) is 41.1 Å². The highest BCUT2D eigenvalue weighted by molar-refractivity contribution is 7.92. The van der Waals surface area contributed by atoms with Crippen molar-refractivity contribution < 1.29 is 17.5 Å². The molecule has 0 aliphatic rings. The van der Waals surface area contributed by atoms with E-state index in [2.05, 4.69) is 0 Å². The number of hydrogen-bond donors (Lipinski definition) is 1. The van der Waals surface area contributed by atoms with Crippen LogP contribution in [0.2, 0.25) is 0 Å². The maximum absolute atomic E-state index is 13.1. The minimum Gasteiger partial charge on any atom is -0.487 e. The second-order valence-corrected chi connectivity index (χ2v) is 6.78. The molecule has 0 heterocycles. The lowest BCUT2D eigenvalue weighted by atomic mass is 10.3. The molecule has 1 aromatic carbocycles. The maximum atomic E-state index is 13.1. The molecule has 0 amide bonds. The van der Waals surface area contributed by atoms with Crippen molar-refractivity contribution in [3.8, 4) is 5.75 Å². The van der Waals surface area contributed by atoms with Gasteiger partial charge in [0.25, 0.3) is 0 Å². The zero-order valence-electron chi connectivity index (χ0n) is 11.7. The molecule has 0 saturated carbocycles. The first-order valence-corrected chi connectivity index (χ1v) is 7.97. The number of halogens is 1. The van der Waals surface area contributed by atoms with Crippen molar-refractivity contribution in [1.82, 2.24) is 0 Å². The lowest BCUT2D eigenvalue weighted by Crippen LogP contribution is -2.16. The Morgan fingerprint density at radius 1 is 1.40 bits per heavy atom. The fourth-order valence-corrected chi connectivity index (χ4v) is 2.94. The summed E-state index contributed by atoms with van der Waals surface area (Å²) >= 11 is 0. The predicted molar refractivity (Wildman–Crippen MR) is 77.1 cm³/mol. The first-order chi connectivity index (χ1) is 9.41. The summed E-state index contributed by atoms with van der Waals surface area (Å²) in [7, 11) is -3.30. The normalized spacial score (nSPS) is 14.1. The molecular weight excluding hydrogens is 281 g/mol. The van der Waals surface area contributed by atoms with Crippen LogP contribution in [0.25, 0.3) is 0 Å². The van der Waals surface area contributed by atoms with Crippen LogP contribution in [0.1, 0.15) is 20.3 Å². The van der Waals surface area contributed by atoms with Crippen molar-refractivity contribution in [2.45, 2.75) is 30.4 Å². The Morgan fingerprint density at radius 2 is 2.00 bits per heavy atom. The Kier molecular flexibility index (Phi) is 6.16. The Morgan fingerprint density at radius 3 is 2.50 bits per heavy atom. The predicted octanol–water partition coefficient (Wildman–Crippen LogP) is 2.45. The van der Waals surface area contributed by atoms with Crippen LogP contribution in [-0.2, 0) is 9.84 Å². The van der Waals surface area contributed by atoms with Gasteiger partial charge in [0, 0.05) is 6.54 Å². The van der Waals surface area contributed by atoms with Crippen LogP contribution < -0.4 is 10.5 Å². The SMILES string of the molecule is CCC(C)S(=O)(=O)c1ccc(OCC(F)=CCN)cc1. The van der Waals surface area contributed by atoms with Gasteiger partial charge in [0.15, 0.2) is 9.84 Å². The second-order valence-electron chi connectivity index (χ2n) is 4.41. The Balaban J connectivity index is 2.77. The molecule has 1 aromatic rings. The smallest absolute Gasteiger partial charge is 0.180 e. The van der Waals surface area contributed by atoms with E-state index in [0.29, 0.717) is 12.2 Å². The molecule has 0 saturated heterocycles. The average molecular weight is 301 g/mol. The molecule has 6 heteroatoms. The molecule has 1 unspecified atom stereocenters. The van der Waals surface area contributed by atoms with Crippen LogP contribution in [-0.4, -0.2) is 26.8 Å². The van der Waals surface area contributed by atoms with E-state index in [1.807, 2.05) is 6.92 Å². The summed E-state index contributed by atoms with van der Waals surface area (Å²) in [4.78, 5) is 0.247. The Bertz CT molecular complexity index is 552. The summed E-state index contributed by atoms with van der Waals surface area (Å²) in [5.74, 6) is -0.0440. The van der Waals surface area contributed by atoms with E-state index >= 15 is 0 Å². The van der Waals surface area contributed by atoms with Gasteiger partial charge in [0.2, 0.25) is 0 Å². The van der Waals surface area contributed by atoms with Crippen molar-refractivity contribution in [2.24, 2.45) is 5.73 Å². The van der Waals surface area contributed by atoms with E-state index in [-0.39, 0.29) is 18.0 Å². The molecule has 0 aliphatic carbocycles. The molecule has 0 fully saturated rings. The number of nitrogens with two attached hydrogens (primary N) is 1. The third kappa shape index (κ3) is 4.31. The molecule has 112 valence electrons. The summed E-state index contributed by atoms with van der Waals surface area (Å²) in [6.45, 7) is 3.40. The van der Waals surface area contributed by atoms with Gasteiger partial charge in [-0.25, -0.2) is 12.8 Å². The van der Waals surface area contributed by atoms with E-state index in [4.69, 9.17) is 10.5 Å². The fraction of sp³-hybridized carbons (Fsp3) is 0.429. The van der Waals surface area contributed by atoms with Gasteiger partial charge in [-0.2, -0.15) is 0 Å². The van der Waals surface area contributed by atoms with Gasteiger partial charge in [-0.1, -0.05) is 6.92 Å². The van der Waals surface area contributed by atoms with Crippen LogP contribution in [0, 0.1) is 0 Å². The Labute approximate surface area is 119 Å². The molecule has 20 heavy (non-hydrogen) atoms. The van der Waals surface area contributed by atoms with Crippen LogP contribution >= 0.6 is 0 Å². The maximum Gasteiger partial charge on any atom is 0.180 e. The molecule has 4 nitrogen and oxygen atoms in total. The van der Waals surface area contributed by atoms with Crippen LogP contribution in [0.5, 0.6) is 5.75 Å². The minimum atomic E-state index is -3.30. The standard InChI is InChI=1S/C14H20FNO3S/c1-3-11(2)20(17,18)14-6-4-13(5-7-14)19-10-12(15)8-9-16/h4-8,11H,3,9-10,16H2,1-2H3. The van der Waals surface area contributed by atoms with Gasteiger partial charge >= 0.3 is 0 Å². The monoisotopic (exact) mass is 301 g/mol. The van der Waals surface area contributed by atoms with Gasteiger partial charge in [-0.15, -0.1) is 0 Å². The number of hydrogen-bond acceptors (Lipinski definition) is 4. The molecule has 0 radical (unpaired) electrons. The van der Waals surface area contributed by atoms with E-state index in [9.17, 15) is 12.8 Å². The number of sulfone groups is 1. The van der Waals surface area contributed by atoms with Gasteiger partial charge in [-0.3, -0.25) is 0 Å². The highest BCUT2D eigenvalue weighted by atomic mass is 32.2. The van der Waals surface area contributed by atoms with Crippen molar-refractivity contribution in [1.29, 1.82) is 0 Å². The lowest BCUT2D eigenvalue weighted by molar-refractivity contribution is 0.318. The van der Waals surface area contributed by atoms with Crippen molar-refractivity contribution in [2.75, 3.05) is 13.2 Å². The van der Waals surface area contributed by atoms with Crippen molar-refractivity contribution >= 4 is 9.84 Å². The highest BCUT2D eigenvalue weighted by Gasteiger charge is 2.21. The van der Waals surface area contributed by atoms with Gasteiger partial charge < -0.3 is 10.5 Å². The summed E-state index contributed by atoms with van der Waals surface area (Å²) in [5.41, 5.74) is 5.17. The molecule has 0 aliphatic heterocycles. The van der Waals surface area contributed by atoms with E-state index < -0.39 is 20.9 Å². The molecule has 1 rings (SSSR count). The van der Waals surface area contributed by atoms with E-state index in [0.717, 1.165) is 0 Å². The van der Waals surface area contributed by atoms with Crippen molar-refractivity contribution in [3.05, 3.63) is 36.2 Å². The minimum absolute atomic E-state index is 0.112. The van der Waals surface area contributed by atoms with Gasteiger partial charge in [0.05, 0.1) is 10.1 Å². The quantitative estimate of drug-likeness (QED) is 0.840. The van der Waals surface area contributed by atoms with Crippen LogP contribution in [0.4, 0.5) is 4.39 Å². The number of benzene rings is 1. The van der Waals surface area contributed by atoms with Gasteiger partial charge in [-0.05, 0) is 43.7 Å². The lowest BCUT2D eigenvalue weighted by Gasteiger charge is -2.11. The topological polar surface area (TPSA) is 69.4 Å². The Hall–Kier alpha value is -1.40. The molecule has 0 spiro atoms. The number of ether oxygens (including phenoxy) is 1. The highest BCUT2D eigenvalue weighted by Crippen LogP contribution is 2.21. The molecular formula is C14H20FNO3S. The van der Waals surface area contributed by atoms with E-state index in [1.54, 1.807) is 6.92 Å². The summed E-state index contributed by atoms with van der Waals surface area (Å²) in [6, 6.07) is 5.98. The third-order valence-corrected chi connectivity index (χ3v) is 5.29. The summed E-state index contributed by atoms with van der Waals surface area (Å²) in [5, 5.41) is -0.431. The van der Waals surface area contributed by atoms with E-state index in [1.165, 1.54) is 30.3 Å². The third-order valence-electron chi connectivity index (χ3n) is 2.97. The number of rotatable bonds is 7. The first kappa shape index (κ1) is 16.7. The molecule has 0 aromatic heterocycles. The largest absolute Gasteiger partial charge is 0.487 e. The second kappa shape index (κ2) is 7.40. The zero-order valence-corrected chi connectivity index (χ0v) is 12.5. The van der Waals surface area contributed by atoms with Crippen molar-refractivity contribution in [3.63, 3.8) is 0 Å². The summed E-state index contributed by atoms with van der Waals surface area (Å²) in [6.07, 6.45) is 1.78.